The second kappa shape index (κ2) is 4.65. The van der Waals surface area contributed by atoms with Gasteiger partial charge in [-0.05, 0) is 30.7 Å². The van der Waals surface area contributed by atoms with Gasteiger partial charge in [0.25, 0.3) is 5.91 Å². The molecule has 0 aliphatic carbocycles. The van der Waals surface area contributed by atoms with Gasteiger partial charge in [0.2, 0.25) is 5.72 Å². The molecule has 1 aliphatic heterocycles. The number of rotatable bonds is 2. The Morgan fingerprint density at radius 2 is 1.95 bits per heavy atom. The van der Waals surface area contributed by atoms with Gasteiger partial charge in [0, 0.05) is 31.4 Å². The van der Waals surface area contributed by atoms with Crippen LogP contribution in [0.2, 0.25) is 0 Å². The fourth-order valence-corrected chi connectivity index (χ4v) is 2.79. The van der Waals surface area contributed by atoms with Crippen LogP contribution in [0.25, 0.3) is 0 Å². The molecule has 3 rings (SSSR count). The van der Waals surface area contributed by atoms with Crippen LogP contribution < -0.4 is 0 Å². The molecule has 1 N–H and O–H groups in total. The van der Waals surface area contributed by atoms with Crippen molar-refractivity contribution in [1.29, 1.82) is 0 Å². The average molecular weight is 283 g/mol. The van der Waals surface area contributed by atoms with Crippen molar-refractivity contribution >= 4 is 5.91 Å². The van der Waals surface area contributed by atoms with Crippen LogP contribution in [0.4, 0.5) is 0 Å². The largest absolute Gasteiger partial charge is 0.361 e. The molecule has 0 saturated carbocycles. The van der Waals surface area contributed by atoms with Crippen molar-refractivity contribution in [2.75, 3.05) is 14.1 Å². The van der Waals surface area contributed by atoms with Gasteiger partial charge in [-0.3, -0.25) is 9.78 Å². The lowest BCUT2D eigenvalue weighted by Gasteiger charge is -2.37. The third-order valence-electron chi connectivity index (χ3n) is 3.70. The van der Waals surface area contributed by atoms with Gasteiger partial charge in [0.05, 0.1) is 5.69 Å². The van der Waals surface area contributed by atoms with Crippen LogP contribution in [0.5, 0.6) is 0 Å². The minimum Gasteiger partial charge on any atom is -0.361 e. The van der Waals surface area contributed by atoms with Crippen molar-refractivity contribution in [2.24, 2.45) is 0 Å². The van der Waals surface area contributed by atoms with Crippen LogP contribution >= 0.6 is 0 Å². The predicted octanol–water partition coefficient (Wildman–Crippen LogP) is 1.52. The molecular weight excluding hydrogens is 266 g/mol. The van der Waals surface area contributed by atoms with Crippen molar-refractivity contribution in [1.82, 2.24) is 15.0 Å². The van der Waals surface area contributed by atoms with Gasteiger partial charge < -0.3 is 5.11 Å². The van der Waals surface area contributed by atoms with Crippen molar-refractivity contribution < 1.29 is 9.90 Å². The molecule has 1 atom stereocenters. The van der Waals surface area contributed by atoms with Crippen LogP contribution in [-0.4, -0.2) is 40.1 Å². The zero-order valence-corrected chi connectivity index (χ0v) is 12.2. The number of aromatic nitrogens is 1. The fourth-order valence-electron chi connectivity index (χ4n) is 2.79. The van der Waals surface area contributed by atoms with Crippen molar-refractivity contribution in [3.63, 3.8) is 0 Å². The maximum atomic E-state index is 12.6. The SMILES string of the molecule is Cc1ccnc(C2(O)c3ccccc3C(=O)N2N(C)C)c1. The number of aliphatic hydroxyl groups is 1. The van der Waals surface area contributed by atoms with E-state index in [1.54, 1.807) is 49.6 Å². The molecular formula is C16H17N3O2. The fraction of sp³-hybridized carbons (Fsp3) is 0.250. The Bertz CT molecular complexity index is 714. The van der Waals surface area contributed by atoms with Crippen LogP contribution in [0.1, 0.15) is 27.2 Å². The molecule has 0 bridgehead atoms. The maximum Gasteiger partial charge on any atom is 0.271 e. The summed E-state index contributed by atoms with van der Waals surface area (Å²) in [5.74, 6) is -0.235. The Kier molecular flexibility index (Phi) is 3.04. The van der Waals surface area contributed by atoms with Crippen LogP contribution in [0.3, 0.4) is 0 Å². The third-order valence-corrected chi connectivity index (χ3v) is 3.70. The summed E-state index contributed by atoms with van der Waals surface area (Å²) < 4.78 is 0. The van der Waals surface area contributed by atoms with Crippen molar-refractivity contribution in [2.45, 2.75) is 12.6 Å². The highest BCUT2D eigenvalue weighted by molar-refractivity contribution is 5.99. The Morgan fingerprint density at radius 3 is 2.62 bits per heavy atom. The number of hydrazine groups is 1. The van der Waals surface area contributed by atoms with Gasteiger partial charge in [-0.1, -0.05) is 18.2 Å². The summed E-state index contributed by atoms with van der Waals surface area (Å²) in [5.41, 5.74) is 0.890. The van der Waals surface area contributed by atoms with Gasteiger partial charge in [0.15, 0.2) is 0 Å². The number of amides is 1. The summed E-state index contributed by atoms with van der Waals surface area (Å²) in [6, 6.07) is 10.7. The van der Waals surface area contributed by atoms with Crippen molar-refractivity contribution in [3.05, 3.63) is 65.0 Å². The quantitative estimate of drug-likeness (QED) is 0.908. The number of benzene rings is 1. The topological polar surface area (TPSA) is 56.7 Å². The molecule has 0 saturated heterocycles. The molecule has 108 valence electrons. The molecule has 1 unspecified atom stereocenters. The summed E-state index contributed by atoms with van der Waals surface area (Å²) in [6.07, 6.45) is 1.64. The zero-order chi connectivity index (χ0) is 15.2. The zero-order valence-electron chi connectivity index (χ0n) is 12.2. The summed E-state index contributed by atoms with van der Waals surface area (Å²) in [6.45, 7) is 1.93. The van der Waals surface area contributed by atoms with Gasteiger partial charge in [-0.2, -0.15) is 0 Å². The first-order valence-corrected chi connectivity index (χ1v) is 6.73. The number of hydrogen-bond acceptors (Lipinski definition) is 4. The Labute approximate surface area is 123 Å². The number of nitrogens with zero attached hydrogens (tertiary/aromatic N) is 3. The first kappa shape index (κ1) is 13.7. The Hall–Kier alpha value is -2.24. The summed E-state index contributed by atoms with van der Waals surface area (Å²) in [5, 5.41) is 14.3. The normalized spacial score (nSPS) is 21.0. The summed E-state index contributed by atoms with van der Waals surface area (Å²) in [4.78, 5) is 16.9. The number of hydrogen-bond donors (Lipinski definition) is 1. The number of aryl methyl sites for hydroxylation is 1. The Morgan fingerprint density at radius 1 is 1.24 bits per heavy atom. The number of fused-ring (bicyclic) bond motifs is 1. The van der Waals surface area contributed by atoms with E-state index in [9.17, 15) is 9.90 Å². The van der Waals surface area contributed by atoms with E-state index in [1.165, 1.54) is 5.01 Å². The average Bonchev–Trinajstić information content (AvgIpc) is 2.69. The molecule has 5 nitrogen and oxygen atoms in total. The van der Waals surface area contributed by atoms with Gasteiger partial charge in [0.1, 0.15) is 0 Å². The first-order valence-electron chi connectivity index (χ1n) is 6.73. The lowest BCUT2D eigenvalue weighted by Crippen LogP contribution is -2.52. The molecule has 1 aromatic heterocycles. The van der Waals surface area contributed by atoms with Crippen LogP contribution in [0.15, 0.2) is 42.6 Å². The highest BCUT2D eigenvalue weighted by Crippen LogP contribution is 2.41. The standard InChI is InChI=1S/C16H17N3O2/c1-11-8-9-17-14(10-11)16(21)13-7-5-4-6-12(13)15(20)19(16)18(2)3/h4-10,21H,1-3H3. The number of pyridine rings is 1. The Balaban J connectivity index is 2.29. The second-order valence-corrected chi connectivity index (χ2v) is 5.40. The van der Waals surface area contributed by atoms with E-state index in [-0.39, 0.29) is 5.91 Å². The highest BCUT2D eigenvalue weighted by atomic mass is 16.3. The van der Waals surface area contributed by atoms with E-state index in [2.05, 4.69) is 4.98 Å². The molecule has 2 heterocycles. The lowest BCUT2D eigenvalue weighted by molar-refractivity contribution is -0.138. The van der Waals surface area contributed by atoms with Gasteiger partial charge in [-0.15, -0.1) is 0 Å². The molecule has 0 spiro atoms. The van der Waals surface area contributed by atoms with E-state index in [1.807, 2.05) is 19.1 Å². The minimum absolute atomic E-state index is 0.235. The smallest absolute Gasteiger partial charge is 0.271 e. The molecule has 1 amide bonds. The molecule has 5 heteroatoms. The van der Waals surface area contributed by atoms with E-state index < -0.39 is 5.72 Å². The van der Waals surface area contributed by atoms with Crippen LogP contribution in [-0.2, 0) is 5.72 Å². The van der Waals surface area contributed by atoms with Crippen molar-refractivity contribution in [3.8, 4) is 0 Å². The van der Waals surface area contributed by atoms with E-state index in [0.29, 0.717) is 16.8 Å². The monoisotopic (exact) mass is 283 g/mol. The third kappa shape index (κ3) is 1.86. The second-order valence-electron chi connectivity index (χ2n) is 5.40. The van der Waals surface area contributed by atoms with E-state index in [4.69, 9.17) is 0 Å². The summed E-state index contributed by atoms with van der Waals surface area (Å²) in [7, 11) is 3.45. The molecule has 0 fully saturated rings. The molecule has 1 aromatic carbocycles. The molecule has 21 heavy (non-hydrogen) atoms. The van der Waals surface area contributed by atoms with Crippen LogP contribution in [0, 0.1) is 6.92 Å². The first-order chi connectivity index (χ1) is 9.96. The highest BCUT2D eigenvalue weighted by Gasteiger charge is 2.52. The molecule has 0 radical (unpaired) electrons. The molecule has 1 aliphatic rings. The van der Waals surface area contributed by atoms with E-state index in [0.717, 1.165) is 5.56 Å². The van der Waals surface area contributed by atoms with Gasteiger partial charge in [-0.25, -0.2) is 10.0 Å². The van der Waals surface area contributed by atoms with E-state index >= 15 is 0 Å². The maximum absolute atomic E-state index is 12.6. The summed E-state index contributed by atoms with van der Waals surface area (Å²) >= 11 is 0. The molecule has 2 aromatic rings. The minimum atomic E-state index is -1.58. The van der Waals surface area contributed by atoms with Gasteiger partial charge >= 0.3 is 0 Å². The number of carbonyl (C=O) groups is 1. The predicted molar refractivity (Wildman–Crippen MR) is 78.3 cm³/mol. The lowest BCUT2D eigenvalue weighted by atomic mass is 9.97. The number of carbonyl (C=O) groups excluding carboxylic acids is 1.